The highest BCUT2D eigenvalue weighted by Gasteiger charge is 2.07. The van der Waals surface area contributed by atoms with Gasteiger partial charge in [-0.3, -0.25) is 4.98 Å². The molecule has 0 unspecified atom stereocenters. The van der Waals surface area contributed by atoms with Crippen LogP contribution in [0.4, 0.5) is 17.5 Å². The fourth-order valence-corrected chi connectivity index (χ4v) is 2.49. The Morgan fingerprint density at radius 2 is 1.81 bits per heavy atom. The Morgan fingerprint density at radius 1 is 1.04 bits per heavy atom. The summed E-state index contributed by atoms with van der Waals surface area (Å²) in [6.07, 6.45) is 4.09. The lowest BCUT2D eigenvalue weighted by Gasteiger charge is -2.12. The van der Waals surface area contributed by atoms with Crippen molar-refractivity contribution in [2.75, 3.05) is 30.4 Å². The molecule has 0 aliphatic rings. The van der Waals surface area contributed by atoms with Crippen LogP contribution in [-0.4, -0.2) is 39.8 Å². The van der Waals surface area contributed by atoms with Crippen molar-refractivity contribution >= 4 is 17.5 Å². The van der Waals surface area contributed by atoms with Gasteiger partial charge in [-0.1, -0.05) is 0 Å². The lowest BCUT2D eigenvalue weighted by Crippen LogP contribution is -2.08. The van der Waals surface area contributed by atoms with E-state index in [1.54, 1.807) is 12.4 Å². The van der Waals surface area contributed by atoms with Crippen LogP contribution >= 0.6 is 0 Å². The van der Waals surface area contributed by atoms with Crippen molar-refractivity contribution < 1.29 is 9.84 Å². The molecule has 2 aromatic heterocycles. The van der Waals surface area contributed by atoms with Crippen LogP contribution in [0.3, 0.4) is 0 Å². The minimum atomic E-state index is 0.119. The summed E-state index contributed by atoms with van der Waals surface area (Å²) in [6, 6.07) is 13.4. The van der Waals surface area contributed by atoms with Gasteiger partial charge in [-0.15, -0.1) is 0 Å². The van der Waals surface area contributed by atoms with E-state index in [0.717, 1.165) is 22.7 Å². The highest BCUT2D eigenvalue weighted by Crippen LogP contribution is 2.24. The van der Waals surface area contributed by atoms with Crippen molar-refractivity contribution in [1.29, 1.82) is 0 Å². The van der Waals surface area contributed by atoms with Gasteiger partial charge in [0.2, 0.25) is 5.95 Å². The molecule has 7 heteroatoms. The molecule has 140 valence electrons. The first-order valence-corrected chi connectivity index (χ1v) is 8.92. The second-order valence-electron chi connectivity index (χ2n) is 5.78. The fourth-order valence-electron chi connectivity index (χ4n) is 2.49. The molecule has 3 aromatic rings. The molecule has 3 N–H and O–H groups in total. The number of hydrogen-bond acceptors (Lipinski definition) is 7. The third kappa shape index (κ3) is 5.39. The van der Waals surface area contributed by atoms with E-state index in [9.17, 15) is 0 Å². The van der Waals surface area contributed by atoms with E-state index in [0.29, 0.717) is 31.3 Å². The lowest BCUT2D eigenvalue weighted by atomic mass is 10.2. The van der Waals surface area contributed by atoms with Gasteiger partial charge in [0, 0.05) is 42.9 Å². The molecule has 0 radical (unpaired) electrons. The van der Waals surface area contributed by atoms with Gasteiger partial charge in [0.05, 0.1) is 12.3 Å². The number of ether oxygens (including phenoxy) is 1. The van der Waals surface area contributed by atoms with E-state index >= 15 is 0 Å². The van der Waals surface area contributed by atoms with Crippen molar-refractivity contribution in [3.05, 3.63) is 54.9 Å². The molecule has 0 aliphatic carbocycles. The van der Waals surface area contributed by atoms with E-state index in [-0.39, 0.29) is 6.61 Å². The third-order valence-corrected chi connectivity index (χ3v) is 3.76. The Kier molecular flexibility index (Phi) is 6.54. The predicted octanol–water partition coefficient (Wildman–Crippen LogP) is 3.48. The van der Waals surface area contributed by atoms with Gasteiger partial charge < -0.3 is 20.5 Å². The van der Waals surface area contributed by atoms with E-state index < -0.39 is 0 Å². The number of nitrogens with one attached hydrogen (secondary N) is 2. The smallest absolute Gasteiger partial charge is 0.225 e. The molecule has 2 heterocycles. The number of hydrogen-bond donors (Lipinski definition) is 3. The maximum absolute atomic E-state index is 8.98. The maximum atomic E-state index is 8.98. The second kappa shape index (κ2) is 9.49. The number of anilines is 3. The number of pyridine rings is 1. The first kappa shape index (κ1) is 18.6. The predicted molar refractivity (Wildman–Crippen MR) is 106 cm³/mol. The minimum absolute atomic E-state index is 0.119. The Bertz CT molecular complexity index is 841. The molecule has 1 aromatic carbocycles. The fraction of sp³-hybridized carbons (Fsp3) is 0.250. The van der Waals surface area contributed by atoms with Crippen molar-refractivity contribution in [3.8, 4) is 17.0 Å². The van der Waals surface area contributed by atoms with Gasteiger partial charge in [-0.25, -0.2) is 4.98 Å². The highest BCUT2D eigenvalue weighted by molar-refractivity contribution is 5.67. The summed E-state index contributed by atoms with van der Waals surface area (Å²) in [7, 11) is 0. The largest absolute Gasteiger partial charge is 0.494 e. The zero-order chi connectivity index (χ0) is 18.9. The highest BCUT2D eigenvalue weighted by atomic mass is 16.5. The van der Waals surface area contributed by atoms with Crippen LogP contribution in [0.2, 0.25) is 0 Å². The number of aliphatic hydroxyl groups is 1. The summed E-state index contributed by atoms with van der Waals surface area (Å²) in [6.45, 7) is 3.31. The number of nitrogens with zero attached hydrogens (tertiary/aromatic N) is 3. The van der Waals surface area contributed by atoms with Crippen molar-refractivity contribution in [3.63, 3.8) is 0 Å². The van der Waals surface area contributed by atoms with Crippen LogP contribution in [0, 0.1) is 0 Å². The van der Waals surface area contributed by atoms with Gasteiger partial charge in [0.25, 0.3) is 0 Å². The molecule has 0 aliphatic heterocycles. The second-order valence-corrected chi connectivity index (χ2v) is 5.78. The number of benzene rings is 1. The molecule has 0 saturated carbocycles. The number of aliphatic hydroxyl groups excluding tert-OH is 1. The molecule has 0 amide bonds. The van der Waals surface area contributed by atoms with Gasteiger partial charge in [0.15, 0.2) is 0 Å². The van der Waals surface area contributed by atoms with Crippen LogP contribution in [-0.2, 0) is 0 Å². The maximum Gasteiger partial charge on any atom is 0.225 e. The summed E-state index contributed by atoms with van der Waals surface area (Å²) in [5, 5.41) is 15.4. The van der Waals surface area contributed by atoms with Crippen molar-refractivity contribution in [1.82, 2.24) is 15.0 Å². The molecule has 7 nitrogen and oxygen atoms in total. The number of rotatable bonds is 9. The standard InChI is InChI=1S/C20H23N5O2/c1-2-27-17-6-4-16(5-7-17)23-19-14-18(15-8-11-21-12-9-15)24-20(25-19)22-10-3-13-26/h4-9,11-12,14,26H,2-3,10,13H2,1H3,(H2,22,23,24,25). The van der Waals surface area contributed by atoms with E-state index in [2.05, 4.69) is 25.6 Å². The first-order valence-electron chi connectivity index (χ1n) is 8.92. The first-order chi connectivity index (χ1) is 13.3. The lowest BCUT2D eigenvalue weighted by molar-refractivity contribution is 0.292. The summed E-state index contributed by atoms with van der Waals surface area (Å²) >= 11 is 0. The summed E-state index contributed by atoms with van der Waals surface area (Å²) in [5.41, 5.74) is 2.64. The van der Waals surface area contributed by atoms with Gasteiger partial charge in [0.1, 0.15) is 11.6 Å². The minimum Gasteiger partial charge on any atom is -0.494 e. The van der Waals surface area contributed by atoms with Crippen LogP contribution in [0.15, 0.2) is 54.9 Å². The zero-order valence-corrected chi connectivity index (χ0v) is 15.2. The van der Waals surface area contributed by atoms with E-state index in [1.165, 1.54) is 0 Å². The molecule has 27 heavy (non-hydrogen) atoms. The molecule has 0 fully saturated rings. The molecular formula is C20H23N5O2. The Balaban J connectivity index is 1.85. The third-order valence-electron chi connectivity index (χ3n) is 3.76. The summed E-state index contributed by atoms with van der Waals surface area (Å²) in [4.78, 5) is 13.1. The van der Waals surface area contributed by atoms with Gasteiger partial charge in [-0.2, -0.15) is 4.98 Å². The van der Waals surface area contributed by atoms with Crippen molar-refractivity contribution in [2.24, 2.45) is 0 Å². The molecule has 0 bridgehead atoms. The average molecular weight is 365 g/mol. The molecular weight excluding hydrogens is 342 g/mol. The Morgan fingerprint density at radius 3 is 2.52 bits per heavy atom. The van der Waals surface area contributed by atoms with Gasteiger partial charge in [-0.05, 0) is 49.7 Å². The SMILES string of the molecule is CCOc1ccc(Nc2cc(-c3ccncc3)nc(NCCCO)n2)cc1. The normalized spacial score (nSPS) is 10.4. The van der Waals surface area contributed by atoms with E-state index in [1.807, 2.05) is 49.4 Å². The van der Waals surface area contributed by atoms with Crippen molar-refractivity contribution in [2.45, 2.75) is 13.3 Å². The van der Waals surface area contributed by atoms with Crippen LogP contribution in [0.25, 0.3) is 11.3 Å². The Labute approximate surface area is 158 Å². The summed E-state index contributed by atoms with van der Waals surface area (Å²) in [5.74, 6) is 2.01. The quantitative estimate of drug-likeness (QED) is 0.500. The topological polar surface area (TPSA) is 92.2 Å². The van der Waals surface area contributed by atoms with Crippen LogP contribution < -0.4 is 15.4 Å². The van der Waals surface area contributed by atoms with Crippen LogP contribution in [0.5, 0.6) is 5.75 Å². The molecule has 0 atom stereocenters. The van der Waals surface area contributed by atoms with Gasteiger partial charge >= 0.3 is 0 Å². The molecule has 3 rings (SSSR count). The monoisotopic (exact) mass is 365 g/mol. The molecule has 0 saturated heterocycles. The zero-order valence-electron chi connectivity index (χ0n) is 15.2. The summed E-state index contributed by atoms with van der Waals surface area (Å²) < 4.78 is 5.47. The van der Waals surface area contributed by atoms with E-state index in [4.69, 9.17) is 9.84 Å². The molecule has 0 spiro atoms. The van der Waals surface area contributed by atoms with Crippen LogP contribution in [0.1, 0.15) is 13.3 Å². The Hall–Kier alpha value is -3.19. The average Bonchev–Trinajstić information content (AvgIpc) is 2.70. The number of aromatic nitrogens is 3.